The van der Waals surface area contributed by atoms with E-state index in [9.17, 15) is 9.59 Å². The molecule has 2 unspecified atom stereocenters. The fourth-order valence-electron chi connectivity index (χ4n) is 4.06. The Bertz CT molecular complexity index is 407. The molecule has 2 aliphatic carbocycles. The van der Waals surface area contributed by atoms with Gasteiger partial charge in [0.15, 0.2) is 0 Å². The largest absolute Gasteiger partial charge is 0.340 e. The van der Waals surface area contributed by atoms with Crippen molar-refractivity contribution in [2.75, 3.05) is 12.8 Å². The molecule has 0 aromatic heterocycles. The van der Waals surface area contributed by atoms with E-state index in [1.165, 1.54) is 12.8 Å². The molecule has 3 rings (SSSR count). The maximum atomic E-state index is 12.9. The number of piperazine rings is 1. The molecular weight excluding hydrogens is 272 g/mol. The van der Waals surface area contributed by atoms with Gasteiger partial charge < -0.3 is 10.2 Å². The number of nitrogens with zero attached hydrogens (tertiary/aromatic N) is 1. The lowest BCUT2D eigenvalue weighted by molar-refractivity contribution is -0.153. The first kappa shape index (κ1) is 14.2. The Hall–Kier alpha value is -0.710. The maximum absolute atomic E-state index is 12.9. The summed E-state index contributed by atoms with van der Waals surface area (Å²) in [4.78, 5) is 26.9. The van der Waals surface area contributed by atoms with Gasteiger partial charge in [-0.05, 0) is 38.4 Å². The van der Waals surface area contributed by atoms with E-state index in [0.717, 1.165) is 38.5 Å². The van der Waals surface area contributed by atoms with Gasteiger partial charge in [0, 0.05) is 11.3 Å². The number of carbonyl (C=O) groups is 2. The fourth-order valence-corrected chi connectivity index (χ4v) is 4.85. The molecule has 112 valence electrons. The van der Waals surface area contributed by atoms with Gasteiger partial charge in [0.25, 0.3) is 0 Å². The predicted octanol–water partition coefficient (Wildman–Crippen LogP) is 1.93. The average Bonchev–Trinajstić information content (AvgIpc) is 2.92. The van der Waals surface area contributed by atoms with Crippen molar-refractivity contribution in [3.8, 4) is 0 Å². The zero-order chi connectivity index (χ0) is 14.2. The molecule has 1 spiro atoms. The Morgan fingerprint density at radius 1 is 1.20 bits per heavy atom. The molecule has 2 amide bonds. The summed E-state index contributed by atoms with van der Waals surface area (Å²) in [5.74, 6) is 0.239. The van der Waals surface area contributed by atoms with E-state index in [2.05, 4.69) is 11.6 Å². The summed E-state index contributed by atoms with van der Waals surface area (Å²) < 4.78 is 0. The number of nitrogens with one attached hydrogen (secondary N) is 1. The van der Waals surface area contributed by atoms with Crippen LogP contribution in [0.1, 0.15) is 51.4 Å². The van der Waals surface area contributed by atoms with Crippen LogP contribution >= 0.6 is 11.8 Å². The fraction of sp³-hybridized carbons (Fsp3) is 0.867. The minimum Gasteiger partial charge on any atom is -0.340 e. The standard InChI is InChI=1S/C15H24N2O2S/c1-20-12-6-5-11(9-12)17-10-13(18)16-15(14(17)19)7-3-2-4-8-15/h11-12H,2-10H2,1H3,(H,16,18). The summed E-state index contributed by atoms with van der Waals surface area (Å²) in [5.41, 5.74) is -0.564. The van der Waals surface area contributed by atoms with Crippen molar-refractivity contribution in [1.29, 1.82) is 0 Å². The third-order valence-corrected chi connectivity index (χ3v) is 6.30. The first-order chi connectivity index (χ1) is 9.64. The van der Waals surface area contributed by atoms with Crippen LogP contribution < -0.4 is 5.32 Å². The minimum absolute atomic E-state index is 0.0408. The lowest BCUT2D eigenvalue weighted by atomic mass is 9.79. The van der Waals surface area contributed by atoms with Crippen molar-refractivity contribution >= 4 is 23.6 Å². The van der Waals surface area contributed by atoms with Crippen molar-refractivity contribution in [1.82, 2.24) is 10.2 Å². The van der Waals surface area contributed by atoms with Crippen molar-refractivity contribution in [3.63, 3.8) is 0 Å². The molecule has 0 radical (unpaired) electrons. The summed E-state index contributed by atoms with van der Waals surface area (Å²) >= 11 is 1.89. The highest BCUT2D eigenvalue weighted by molar-refractivity contribution is 7.99. The molecule has 1 aliphatic heterocycles. The molecule has 4 nitrogen and oxygen atoms in total. The van der Waals surface area contributed by atoms with Crippen molar-refractivity contribution in [2.24, 2.45) is 0 Å². The van der Waals surface area contributed by atoms with Crippen LogP contribution in [0.25, 0.3) is 0 Å². The highest BCUT2D eigenvalue weighted by Gasteiger charge is 2.49. The molecule has 5 heteroatoms. The number of hydrogen-bond donors (Lipinski definition) is 1. The summed E-state index contributed by atoms with van der Waals surface area (Å²) in [6, 6.07) is 0.282. The number of hydrogen-bond acceptors (Lipinski definition) is 3. The molecule has 3 aliphatic rings. The number of thioether (sulfide) groups is 1. The second-order valence-electron chi connectivity index (χ2n) is 6.45. The van der Waals surface area contributed by atoms with Gasteiger partial charge in [-0.2, -0.15) is 11.8 Å². The Kier molecular flexibility index (Phi) is 3.98. The molecule has 0 aromatic rings. The maximum Gasteiger partial charge on any atom is 0.249 e. The molecule has 0 aromatic carbocycles. The van der Waals surface area contributed by atoms with E-state index < -0.39 is 5.54 Å². The summed E-state index contributed by atoms with van der Waals surface area (Å²) in [5, 5.41) is 3.68. The minimum atomic E-state index is -0.564. The summed E-state index contributed by atoms with van der Waals surface area (Å²) in [6.45, 7) is 0.270. The topological polar surface area (TPSA) is 49.4 Å². The van der Waals surface area contributed by atoms with Gasteiger partial charge in [0.05, 0.1) is 6.54 Å². The normalized spacial score (nSPS) is 33.5. The first-order valence-electron chi connectivity index (χ1n) is 7.79. The van der Waals surface area contributed by atoms with Gasteiger partial charge in [-0.1, -0.05) is 19.3 Å². The number of amides is 2. The van der Waals surface area contributed by atoms with Crippen LogP contribution in [0.3, 0.4) is 0 Å². The third-order valence-electron chi connectivity index (χ3n) is 5.20. The zero-order valence-corrected chi connectivity index (χ0v) is 13.0. The molecule has 1 heterocycles. The first-order valence-corrected chi connectivity index (χ1v) is 9.08. The van der Waals surface area contributed by atoms with Crippen LogP contribution in [0.2, 0.25) is 0 Å². The Morgan fingerprint density at radius 3 is 2.60 bits per heavy atom. The van der Waals surface area contributed by atoms with Crippen molar-refractivity contribution in [3.05, 3.63) is 0 Å². The monoisotopic (exact) mass is 296 g/mol. The van der Waals surface area contributed by atoms with Gasteiger partial charge in [0.1, 0.15) is 5.54 Å². The van der Waals surface area contributed by atoms with Crippen molar-refractivity contribution in [2.45, 2.75) is 68.2 Å². The van der Waals surface area contributed by atoms with Gasteiger partial charge >= 0.3 is 0 Å². The predicted molar refractivity (Wildman–Crippen MR) is 80.6 cm³/mol. The highest BCUT2D eigenvalue weighted by atomic mass is 32.2. The molecule has 20 heavy (non-hydrogen) atoms. The smallest absolute Gasteiger partial charge is 0.249 e. The van der Waals surface area contributed by atoms with Crippen LogP contribution in [-0.2, 0) is 9.59 Å². The van der Waals surface area contributed by atoms with E-state index >= 15 is 0 Å². The SMILES string of the molecule is CSC1CCC(N2CC(=O)NC3(CCCCC3)C2=O)C1. The zero-order valence-electron chi connectivity index (χ0n) is 12.2. The molecule has 2 atom stereocenters. The van der Waals surface area contributed by atoms with Crippen LogP contribution in [0.4, 0.5) is 0 Å². The lowest BCUT2D eigenvalue weighted by Crippen LogP contribution is -2.68. The molecule has 3 fully saturated rings. The third kappa shape index (κ3) is 2.45. The van der Waals surface area contributed by atoms with E-state index in [0.29, 0.717) is 5.25 Å². The Balaban J connectivity index is 1.77. The van der Waals surface area contributed by atoms with Crippen LogP contribution in [0, 0.1) is 0 Å². The second kappa shape index (κ2) is 5.58. The van der Waals surface area contributed by atoms with Crippen LogP contribution in [0.15, 0.2) is 0 Å². The summed E-state index contributed by atoms with van der Waals surface area (Å²) in [7, 11) is 0. The molecule has 1 N–H and O–H groups in total. The van der Waals surface area contributed by atoms with Crippen LogP contribution in [-0.4, -0.2) is 46.3 Å². The van der Waals surface area contributed by atoms with Crippen molar-refractivity contribution < 1.29 is 9.59 Å². The van der Waals surface area contributed by atoms with E-state index in [-0.39, 0.29) is 24.4 Å². The number of rotatable bonds is 2. The van der Waals surface area contributed by atoms with Crippen LogP contribution in [0.5, 0.6) is 0 Å². The molecular formula is C15H24N2O2S. The molecule has 0 bridgehead atoms. The van der Waals surface area contributed by atoms with E-state index in [4.69, 9.17) is 0 Å². The quantitative estimate of drug-likeness (QED) is 0.847. The van der Waals surface area contributed by atoms with Gasteiger partial charge in [0.2, 0.25) is 11.8 Å². The van der Waals surface area contributed by atoms with E-state index in [1.807, 2.05) is 16.7 Å². The van der Waals surface area contributed by atoms with E-state index in [1.54, 1.807) is 0 Å². The summed E-state index contributed by atoms with van der Waals surface area (Å²) in [6.07, 6.45) is 10.4. The molecule has 1 saturated heterocycles. The Morgan fingerprint density at radius 2 is 1.95 bits per heavy atom. The molecule has 2 saturated carbocycles. The number of carbonyl (C=O) groups excluding carboxylic acids is 2. The van der Waals surface area contributed by atoms with Gasteiger partial charge in [-0.25, -0.2) is 0 Å². The highest BCUT2D eigenvalue weighted by Crippen LogP contribution is 2.37. The lowest BCUT2D eigenvalue weighted by Gasteiger charge is -2.46. The average molecular weight is 296 g/mol. The second-order valence-corrected chi connectivity index (χ2v) is 7.59. The van der Waals surface area contributed by atoms with Gasteiger partial charge in [-0.15, -0.1) is 0 Å². The Labute approximate surface area is 125 Å². The van der Waals surface area contributed by atoms with Gasteiger partial charge in [-0.3, -0.25) is 9.59 Å².